The Morgan fingerprint density at radius 1 is 1.21 bits per heavy atom. The second-order valence-electron chi connectivity index (χ2n) is 7.22. The van der Waals surface area contributed by atoms with E-state index in [1.54, 1.807) is 18.2 Å². The molecule has 1 amide bonds. The molecule has 0 spiro atoms. The van der Waals surface area contributed by atoms with Crippen LogP contribution in [0.2, 0.25) is 0 Å². The van der Waals surface area contributed by atoms with Gasteiger partial charge in [-0.15, -0.1) is 0 Å². The Kier molecular flexibility index (Phi) is 4.77. The van der Waals surface area contributed by atoms with Gasteiger partial charge >= 0.3 is 0 Å². The molecule has 0 aliphatic carbocycles. The molecule has 0 saturated carbocycles. The molecule has 29 heavy (non-hydrogen) atoms. The standard InChI is InChI=1S/C20H21FN4O3S/c1-13-4-3-11-24(13)20-22-18-12-17(29(27,28)23-14(2)26)9-10-19(18)25(20)16-7-5-15(21)6-8-16/h5-10,12-13H,3-4,11H2,1-2H3,(H,23,26). The average molecular weight is 416 g/mol. The fourth-order valence-electron chi connectivity index (χ4n) is 3.73. The Balaban J connectivity index is 1.91. The monoisotopic (exact) mass is 416 g/mol. The normalized spacial score (nSPS) is 17.1. The molecule has 7 nitrogen and oxygen atoms in total. The summed E-state index contributed by atoms with van der Waals surface area (Å²) in [5.74, 6) is -0.308. The van der Waals surface area contributed by atoms with Gasteiger partial charge in [0.15, 0.2) is 0 Å². The van der Waals surface area contributed by atoms with E-state index in [9.17, 15) is 17.6 Å². The lowest BCUT2D eigenvalue weighted by molar-refractivity contribution is -0.117. The Morgan fingerprint density at radius 3 is 2.55 bits per heavy atom. The van der Waals surface area contributed by atoms with Crippen LogP contribution in [0.1, 0.15) is 26.7 Å². The highest BCUT2D eigenvalue weighted by molar-refractivity contribution is 7.90. The topological polar surface area (TPSA) is 84.3 Å². The lowest BCUT2D eigenvalue weighted by atomic mass is 10.2. The molecule has 0 radical (unpaired) electrons. The van der Waals surface area contributed by atoms with Gasteiger partial charge in [-0.1, -0.05) is 0 Å². The van der Waals surface area contributed by atoms with Crippen molar-refractivity contribution in [3.63, 3.8) is 0 Å². The van der Waals surface area contributed by atoms with E-state index in [-0.39, 0.29) is 16.8 Å². The summed E-state index contributed by atoms with van der Waals surface area (Å²) in [6, 6.07) is 10.9. The molecule has 1 fully saturated rings. The predicted octanol–water partition coefficient (Wildman–Crippen LogP) is 2.98. The smallest absolute Gasteiger partial charge is 0.264 e. The van der Waals surface area contributed by atoms with E-state index in [1.807, 2.05) is 9.29 Å². The van der Waals surface area contributed by atoms with Gasteiger partial charge in [0, 0.05) is 25.2 Å². The molecule has 2 aromatic carbocycles. The highest BCUT2D eigenvalue weighted by Crippen LogP contribution is 2.32. The molecule has 152 valence electrons. The number of hydrogen-bond acceptors (Lipinski definition) is 5. The number of carbonyl (C=O) groups excluding carboxylic acids is 1. The van der Waals surface area contributed by atoms with Gasteiger partial charge in [0.25, 0.3) is 10.0 Å². The van der Waals surface area contributed by atoms with Crippen LogP contribution in [0.25, 0.3) is 16.7 Å². The first-order valence-electron chi connectivity index (χ1n) is 9.35. The molecule has 1 aliphatic heterocycles. The molecule has 1 N–H and O–H groups in total. The summed E-state index contributed by atoms with van der Waals surface area (Å²) in [5.41, 5.74) is 1.92. The summed E-state index contributed by atoms with van der Waals surface area (Å²) in [6.45, 7) is 4.10. The molecular formula is C20H21FN4O3S. The number of rotatable bonds is 4. The summed E-state index contributed by atoms with van der Waals surface area (Å²) in [4.78, 5) is 18.1. The van der Waals surface area contributed by atoms with Crippen molar-refractivity contribution in [1.29, 1.82) is 0 Å². The van der Waals surface area contributed by atoms with Crippen molar-refractivity contribution in [2.24, 2.45) is 0 Å². The van der Waals surface area contributed by atoms with Crippen LogP contribution < -0.4 is 9.62 Å². The number of fused-ring (bicyclic) bond motifs is 1. The maximum Gasteiger partial charge on any atom is 0.264 e. The van der Waals surface area contributed by atoms with Gasteiger partial charge in [0.05, 0.1) is 15.9 Å². The van der Waals surface area contributed by atoms with E-state index < -0.39 is 15.9 Å². The number of sulfonamides is 1. The molecule has 0 bridgehead atoms. The fraction of sp³-hybridized carbons (Fsp3) is 0.300. The zero-order valence-electron chi connectivity index (χ0n) is 16.1. The van der Waals surface area contributed by atoms with E-state index >= 15 is 0 Å². The zero-order valence-corrected chi connectivity index (χ0v) is 16.9. The predicted molar refractivity (Wildman–Crippen MR) is 108 cm³/mol. The third-order valence-electron chi connectivity index (χ3n) is 5.09. The first-order valence-corrected chi connectivity index (χ1v) is 10.8. The minimum absolute atomic E-state index is 0.0371. The molecule has 1 aliphatic rings. The number of benzene rings is 2. The molecule has 1 atom stereocenters. The van der Waals surface area contributed by atoms with E-state index in [4.69, 9.17) is 4.98 Å². The van der Waals surface area contributed by atoms with Crippen LogP contribution in [0.4, 0.5) is 10.3 Å². The van der Waals surface area contributed by atoms with E-state index in [0.29, 0.717) is 17.0 Å². The fourth-order valence-corrected chi connectivity index (χ4v) is 4.74. The number of aromatic nitrogens is 2. The third kappa shape index (κ3) is 3.57. The van der Waals surface area contributed by atoms with Crippen molar-refractivity contribution >= 4 is 32.9 Å². The molecule has 1 aromatic heterocycles. The Morgan fingerprint density at radius 2 is 1.93 bits per heavy atom. The summed E-state index contributed by atoms with van der Waals surface area (Å²) >= 11 is 0. The number of hydrogen-bond donors (Lipinski definition) is 1. The van der Waals surface area contributed by atoms with Gasteiger partial charge in [-0.25, -0.2) is 22.5 Å². The van der Waals surface area contributed by atoms with Gasteiger partial charge in [0.2, 0.25) is 11.9 Å². The van der Waals surface area contributed by atoms with Gasteiger partial charge in [-0.3, -0.25) is 9.36 Å². The minimum atomic E-state index is -3.97. The van der Waals surface area contributed by atoms with Crippen LogP contribution in [-0.4, -0.2) is 36.5 Å². The first-order chi connectivity index (χ1) is 13.8. The number of nitrogens with zero attached hydrogens (tertiary/aromatic N) is 3. The lowest BCUT2D eigenvalue weighted by Gasteiger charge is -2.23. The Labute approximate surface area is 168 Å². The second kappa shape index (κ2) is 7.14. The highest BCUT2D eigenvalue weighted by Gasteiger charge is 2.27. The van der Waals surface area contributed by atoms with Crippen molar-refractivity contribution in [1.82, 2.24) is 14.3 Å². The van der Waals surface area contributed by atoms with Crippen LogP contribution in [-0.2, 0) is 14.8 Å². The number of carbonyl (C=O) groups is 1. The maximum atomic E-state index is 13.5. The zero-order chi connectivity index (χ0) is 20.8. The second-order valence-corrected chi connectivity index (χ2v) is 8.90. The maximum absolute atomic E-state index is 13.5. The summed E-state index contributed by atoms with van der Waals surface area (Å²) in [5, 5.41) is 0. The molecule has 2 heterocycles. The number of anilines is 1. The van der Waals surface area contributed by atoms with E-state index in [2.05, 4.69) is 11.8 Å². The number of nitrogens with one attached hydrogen (secondary N) is 1. The quantitative estimate of drug-likeness (QED) is 0.707. The summed E-state index contributed by atoms with van der Waals surface area (Å²) in [6.07, 6.45) is 2.07. The van der Waals surface area contributed by atoms with Crippen molar-refractivity contribution < 1.29 is 17.6 Å². The van der Waals surface area contributed by atoms with Crippen LogP contribution in [0.15, 0.2) is 47.4 Å². The summed E-state index contributed by atoms with van der Waals surface area (Å²) < 4.78 is 42.1. The van der Waals surface area contributed by atoms with Gasteiger partial charge < -0.3 is 4.90 Å². The number of halogens is 1. The SMILES string of the molecule is CC(=O)NS(=O)(=O)c1ccc2c(c1)nc(N1CCCC1C)n2-c1ccc(F)cc1. The van der Waals surface area contributed by atoms with Crippen LogP contribution in [0.5, 0.6) is 0 Å². The van der Waals surface area contributed by atoms with Gasteiger partial charge in [-0.2, -0.15) is 0 Å². The van der Waals surface area contributed by atoms with Crippen LogP contribution in [0, 0.1) is 5.82 Å². The van der Waals surface area contributed by atoms with Crippen molar-refractivity contribution in [2.75, 3.05) is 11.4 Å². The van der Waals surface area contributed by atoms with Crippen molar-refractivity contribution in [3.05, 3.63) is 48.3 Å². The molecule has 4 rings (SSSR count). The molecular weight excluding hydrogens is 395 g/mol. The minimum Gasteiger partial charge on any atom is -0.339 e. The number of imidazole rings is 1. The van der Waals surface area contributed by atoms with Gasteiger partial charge in [0.1, 0.15) is 5.82 Å². The van der Waals surface area contributed by atoms with Crippen molar-refractivity contribution in [2.45, 2.75) is 37.6 Å². The average Bonchev–Trinajstić information content (AvgIpc) is 3.24. The largest absolute Gasteiger partial charge is 0.339 e. The Hall–Kier alpha value is -2.94. The van der Waals surface area contributed by atoms with Gasteiger partial charge in [-0.05, 0) is 62.2 Å². The third-order valence-corrected chi connectivity index (χ3v) is 6.52. The highest BCUT2D eigenvalue weighted by atomic mass is 32.2. The van der Waals surface area contributed by atoms with Crippen LogP contribution in [0.3, 0.4) is 0 Å². The number of amides is 1. The first kappa shape index (κ1) is 19.4. The molecule has 1 saturated heterocycles. The van der Waals surface area contributed by atoms with Crippen LogP contribution >= 0.6 is 0 Å². The molecule has 3 aromatic rings. The molecule has 9 heteroatoms. The summed E-state index contributed by atoms with van der Waals surface area (Å²) in [7, 11) is -3.97. The van der Waals surface area contributed by atoms with E-state index in [1.165, 1.54) is 24.3 Å². The Bertz CT molecular complexity index is 1190. The van der Waals surface area contributed by atoms with Crippen molar-refractivity contribution in [3.8, 4) is 5.69 Å². The lowest BCUT2D eigenvalue weighted by Crippen LogP contribution is -2.29. The molecule has 1 unspecified atom stereocenters. The van der Waals surface area contributed by atoms with E-state index in [0.717, 1.165) is 32.0 Å².